The fourth-order valence-corrected chi connectivity index (χ4v) is 3.21. The van der Waals surface area contributed by atoms with Gasteiger partial charge in [-0.2, -0.15) is 0 Å². The molecule has 1 aromatic rings. The molecule has 1 saturated heterocycles. The molecule has 0 spiro atoms. The van der Waals surface area contributed by atoms with Crippen molar-refractivity contribution in [1.82, 2.24) is 4.90 Å². The highest BCUT2D eigenvalue weighted by Gasteiger charge is 2.28. The van der Waals surface area contributed by atoms with Gasteiger partial charge < -0.3 is 0 Å². The van der Waals surface area contributed by atoms with Gasteiger partial charge in [0.25, 0.3) is 0 Å². The molecular weight excluding hydrogens is 194 g/mol. The lowest BCUT2D eigenvalue weighted by atomic mass is 9.77. The van der Waals surface area contributed by atoms with Crippen LogP contribution in [0.2, 0.25) is 0 Å². The highest BCUT2D eigenvalue weighted by atomic mass is 15.1. The van der Waals surface area contributed by atoms with Crippen LogP contribution in [0.4, 0.5) is 0 Å². The van der Waals surface area contributed by atoms with Crippen LogP contribution in [-0.2, 0) is 0 Å². The van der Waals surface area contributed by atoms with Crippen molar-refractivity contribution in [3.8, 4) is 0 Å². The van der Waals surface area contributed by atoms with Gasteiger partial charge in [-0.05, 0) is 56.3 Å². The Kier molecular flexibility index (Phi) is 2.72. The predicted octanol–water partition coefficient (Wildman–Crippen LogP) is 3.72. The summed E-state index contributed by atoms with van der Waals surface area (Å²) in [7, 11) is 2.27. The van der Waals surface area contributed by atoms with E-state index in [1.165, 1.54) is 38.6 Å². The van der Waals surface area contributed by atoms with Crippen molar-refractivity contribution in [3.63, 3.8) is 0 Å². The summed E-state index contributed by atoms with van der Waals surface area (Å²) in [5, 5.41) is 0. The first kappa shape index (κ1) is 10.3. The fourth-order valence-electron chi connectivity index (χ4n) is 3.21. The number of hydrogen-bond acceptors (Lipinski definition) is 1. The smallest absolute Gasteiger partial charge is 0.0348 e. The summed E-state index contributed by atoms with van der Waals surface area (Å²) in [6.45, 7) is 1.27. The van der Waals surface area contributed by atoms with Crippen LogP contribution in [0, 0.1) is 0 Å². The zero-order valence-corrected chi connectivity index (χ0v) is 10.2. The molecule has 1 heteroatoms. The van der Waals surface area contributed by atoms with Crippen molar-refractivity contribution in [2.75, 3.05) is 13.6 Å². The molecule has 1 nitrogen and oxygen atoms in total. The molecule has 1 heterocycles. The maximum absolute atomic E-state index is 2.53. The van der Waals surface area contributed by atoms with Gasteiger partial charge in [0, 0.05) is 6.04 Å². The number of nitrogens with zero attached hydrogens (tertiary/aromatic N) is 1. The molecule has 0 N–H and O–H groups in total. The number of rotatable bonds is 2. The van der Waals surface area contributed by atoms with Crippen LogP contribution in [0.3, 0.4) is 0 Å². The molecule has 2 fully saturated rings. The van der Waals surface area contributed by atoms with Crippen LogP contribution in [0.25, 0.3) is 0 Å². The average Bonchev–Trinajstić information content (AvgIpc) is 2.63. The second-order valence-corrected chi connectivity index (χ2v) is 5.40. The monoisotopic (exact) mass is 215 g/mol. The van der Waals surface area contributed by atoms with Crippen LogP contribution < -0.4 is 0 Å². The van der Waals surface area contributed by atoms with Gasteiger partial charge in [0.05, 0.1) is 0 Å². The second kappa shape index (κ2) is 4.21. The summed E-state index contributed by atoms with van der Waals surface area (Å²) in [5.41, 5.74) is 3.26. The van der Waals surface area contributed by atoms with Crippen LogP contribution in [0.15, 0.2) is 24.3 Å². The van der Waals surface area contributed by atoms with E-state index in [4.69, 9.17) is 0 Å². The molecule has 3 rings (SSSR count). The van der Waals surface area contributed by atoms with E-state index < -0.39 is 0 Å². The number of benzene rings is 1. The molecule has 86 valence electrons. The van der Waals surface area contributed by atoms with E-state index >= 15 is 0 Å². The molecule has 0 aromatic heterocycles. The van der Waals surface area contributed by atoms with Gasteiger partial charge in [-0.15, -0.1) is 0 Å². The molecule has 2 aliphatic rings. The third-order valence-electron chi connectivity index (χ3n) is 4.42. The first-order valence-electron chi connectivity index (χ1n) is 6.65. The fraction of sp³-hybridized carbons (Fsp3) is 0.600. The van der Waals surface area contributed by atoms with Crippen LogP contribution in [-0.4, -0.2) is 18.5 Å². The summed E-state index contributed by atoms with van der Waals surface area (Å²) in [4.78, 5) is 2.53. The lowest BCUT2D eigenvalue weighted by Crippen LogP contribution is -2.20. The Morgan fingerprint density at radius 1 is 1.00 bits per heavy atom. The van der Waals surface area contributed by atoms with Crippen molar-refractivity contribution in [1.29, 1.82) is 0 Å². The highest BCUT2D eigenvalue weighted by molar-refractivity contribution is 5.34. The minimum atomic E-state index is 0.691. The molecular formula is C15H21N. The van der Waals surface area contributed by atoms with Crippen molar-refractivity contribution in [2.24, 2.45) is 0 Å². The Morgan fingerprint density at radius 2 is 1.75 bits per heavy atom. The summed E-state index contributed by atoms with van der Waals surface area (Å²) in [5.74, 6) is 0.866. The van der Waals surface area contributed by atoms with E-state index in [1.54, 1.807) is 11.1 Å². The molecule has 0 bridgehead atoms. The van der Waals surface area contributed by atoms with Crippen LogP contribution in [0.1, 0.15) is 55.2 Å². The lowest BCUT2D eigenvalue weighted by molar-refractivity contribution is 0.311. The topological polar surface area (TPSA) is 3.24 Å². The normalized spacial score (nSPS) is 26.9. The van der Waals surface area contributed by atoms with E-state index in [-0.39, 0.29) is 0 Å². The molecule has 1 atom stereocenters. The van der Waals surface area contributed by atoms with Gasteiger partial charge in [0.2, 0.25) is 0 Å². The molecule has 1 aliphatic carbocycles. The summed E-state index contributed by atoms with van der Waals surface area (Å²) >= 11 is 0. The third kappa shape index (κ3) is 1.67. The molecule has 0 radical (unpaired) electrons. The largest absolute Gasteiger partial charge is 0.299 e. The Bertz CT molecular complexity index is 367. The summed E-state index contributed by atoms with van der Waals surface area (Å²) < 4.78 is 0. The van der Waals surface area contributed by atoms with Crippen molar-refractivity contribution >= 4 is 0 Å². The van der Waals surface area contributed by atoms with E-state index in [2.05, 4.69) is 36.2 Å². The number of hydrogen-bond donors (Lipinski definition) is 0. The first-order valence-corrected chi connectivity index (χ1v) is 6.65. The SMILES string of the molecule is CN1CCCC1c1ccccc1C1CCC1. The van der Waals surface area contributed by atoms with Gasteiger partial charge in [-0.1, -0.05) is 30.7 Å². The van der Waals surface area contributed by atoms with Gasteiger partial charge in [-0.25, -0.2) is 0 Å². The quantitative estimate of drug-likeness (QED) is 0.726. The molecule has 1 unspecified atom stereocenters. The lowest BCUT2D eigenvalue weighted by Gasteiger charge is -2.31. The third-order valence-corrected chi connectivity index (χ3v) is 4.42. The summed E-state index contributed by atoms with van der Waals surface area (Å²) in [6.07, 6.45) is 6.96. The molecule has 1 aliphatic heterocycles. The minimum absolute atomic E-state index is 0.691. The zero-order valence-electron chi connectivity index (χ0n) is 10.2. The predicted molar refractivity (Wildman–Crippen MR) is 67.6 cm³/mol. The summed E-state index contributed by atoms with van der Waals surface area (Å²) in [6, 6.07) is 9.85. The zero-order chi connectivity index (χ0) is 11.0. The average molecular weight is 215 g/mol. The maximum Gasteiger partial charge on any atom is 0.0348 e. The number of likely N-dealkylation sites (tertiary alicyclic amines) is 1. The highest BCUT2D eigenvalue weighted by Crippen LogP contribution is 2.42. The Balaban J connectivity index is 1.92. The van der Waals surface area contributed by atoms with E-state index in [0.29, 0.717) is 6.04 Å². The van der Waals surface area contributed by atoms with E-state index in [0.717, 1.165) is 5.92 Å². The minimum Gasteiger partial charge on any atom is -0.299 e. The van der Waals surface area contributed by atoms with Gasteiger partial charge in [0.15, 0.2) is 0 Å². The van der Waals surface area contributed by atoms with Crippen molar-refractivity contribution < 1.29 is 0 Å². The van der Waals surface area contributed by atoms with Crippen molar-refractivity contribution in [3.05, 3.63) is 35.4 Å². The van der Waals surface area contributed by atoms with Gasteiger partial charge >= 0.3 is 0 Å². The van der Waals surface area contributed by atoms with E-state index in [9.17, 15) is 0 Å². The standard InChI is InChI=1S/C15H21N/c1-16-11-5-10-15(16)14-9-3-2-8-13(14)12-6-4-7-12/h2-3,8-9,12,15H,4-7,10-11H2,1H3. The van der Waals surface area contributed by atoms with Crippen molar-refractivity contribution in [2.45, 2.75) is 44.1 Å². The second-order valence-electron chi connectivity index (χ2n) is 5.40. The van der Waals surface area contributed by atoms with Crippen LogP contribution in [0.5, 0.6) is 0 Å². The first-order chi connectivity index (χ1) is 7.86. The Hall–Kier alpha value is -0.820. The molecule has 1 saturated carbocycles. The molecule has 0 amide bonds. The van der Waals surface area contributed by atoms with Gasteiger partial charge in [-0.3, -0.25) is 4.90 Å². The maximum atomic E-state index is 2.53. The van der Waals surface area contributed by atoms with Gasteiger partial charge in [0.1, 0.15) is 0 Å². The molecule has 16 heavy (non-hydrogen) atoms. The van der Waals surface area contributed by atoms with Crippen LogP contribution >= 0.6 is 0 Å². The van der Waals surface area contributed by atoms with E-state index in [1.807, 2.05) is 0 Å². The Labute approximate surface area is 98.5 Å². The Morgan fingerprint density at radius 3 is 2.31 bits per heavy atom. The molecule has 1 aromatic carbocycles.